The van der Waals surface area contributed by atoms with Gasteiger partial charge in [0, 0.05) is 11.0 Å². The van der Waals surface area contributed by atoms with E-state index in [-0.39, 0.29) is 12.0 Å². The molecule has 0 spiro atoms. The summed E-state index contributed by atoms with van der Waals surface area (Å²) in [4.78, 5) is 4.50. The first-order valence-electron chi connectivity index (χ1n) is 5.30. The number of aliphatic imine (C=N–C) groups is 1. The van der Waals surface area contributed by atoms with Crippen LogP contribution in [0.1, 0.15) is 19.3 Å². The number of aliphatic hydroxyl groups excluding tert-OH is 1. The molecule has 0 bridgehead atoms. The first-order chi connectivity index (χ1) is 7.25. The van der Waals surface area contributed by atoms with Crippen LogP contribution in [0.2, 0.25) is 0 Å². The highest BCUT2D eigenvalue weighted by atomic mass is 35.5. The van der Waals surface area contributed by atoms with Gasteiger partial charge in [0.2, 0.25) is 0 Å². The molecule has 1 N–H and O–H groups in total. The molecule has 1 aliphatic heterocycles. The zero-order valence-electron chi connectivity index (χ0n) is 8.28. The molecule has 3 rings (SSSR count). The predicted octanol–water partition coefficient (Wildman–Crippen LogP) is 2.55. The molecule has 2 nitrogen and oxygen atoms in total. The van der Waals surface area contributed by atoms with Crippen molar-refractivity contribution in [1.82, 2.24) is 0 Å². The smallest absolute Gasteiger partial charge is 0.0959 e. The topological polar surface area (TPSA) is 32.6 Å². The minimum absolute atomic E-state index is 0.229. The molecule has 0 amide bonds. The molecule has 15 heavy (non-hydrogen) atoms. The second-order valence-corrected chi connectivity index (χ2v) is 4.65. The number of halogens is 1. The summed E-state index contributed by atoms with van der Waals surface area (Å²) >= 11 is 5.99. The van der Waals surface area contributed by atoms with Gasteiger partial charge >= 0.3 is 0 Å². The number of hydrogen-bond acceptors (Lipinski definition) is 2. The Morgan fingerprint density at radius 1 is 1.40 bits per heavy atom. The molecule has 0 aromatic heterocycles. The monoisotopic (exact) mass is 221 g/mol. The number of hydrogen-bond donors (Lipinski definition) is 1. The van der Waals surface area contributed by atoms with E-state index in [4.69, 9.17) is 11.6 Å². The van der Waals surface area contributed by atoms with Crippen LogP contribution in [0.4, 0.5) is 0 Å². The second-order valence-electron chi connectivity index (χ2n) is 4.22. The molecule has 3 aliphatic rings. The van der Waals surface area contributed by atoms with E-state index in [1.807, 2.05) is 18.2 Å². The van der Waals surface area contributed by atoms with Crippen molar-refractivity contribution in [3.8, 4) is 0 Å². The molecule has 2 atom stereocenters. The summed E-state index contributed by atoms with van der Waals surface area (Å²) < 4.78 is 0. The molecule has 0 fully saturated rings. The SMILES string of the molecule is O[C@@H]1CCCC2=C1N=C1C=CC(Cl)=C[C@H]12. The fourth-order valence-corrected chi connectivity index (χ4v) is 2.71. The Balaban J connectivity index is 2.05. The summed E-state index contributed by atoms with van der Waals surface area (Å²) in [5.74, 6) is 0.229. The number of fused-ring (bicyclic) bond motifs is 2. The molecular formula is C12H12ClNO. The van der Waals surface area contributed by atoms with Gasteiger partial charge in [0.05, 0.1) is 17.5 Å². The van der Waals surface area contributed by atoms with Crippen molar-refractivity contribution >= 4 is 17.3 Å². The molecule has 78 valence electrons. The minimum atomic E-state index is -0.368. The van der Waals surface area contributed by atoms with Gasteiger partial charge in [-0.1, -0.05) is 17.7 Å². The highest BCUT2D eigenvalue weighted by Crippen LogP contribution is 2.39. The van der Waals surface area contributed by atoms with Gasteiger partial charge in [-0.2, -0.15) is 0 Å². The van der Waals surface area contributed by atoms with Gasteiger partial charge in [0.1, 0.15) is 0 Å². The van der Waals surface area contributed by atoms with Crippen LogP contribution < -0.4 is 0 Å². The van der Waals surface area contributed by atoms with Crippen LogP contribution in [0.5, 0.6) is 0 Å². The van der Waals surface area contributed by atoms with Crippen LogP contribution >= 0.6 is 11.6 Å². The fourth-order valence-electron chi connectivity index (χ4n) is 2.52. The molecule has 2 aliphatic carbocycles. The van der Waals surface area contributed by atoms with E-state index in [2.05, 4.69) is 4.99 Å². The maximum Gasteiger partial charge on any atom is 0.0959 e. The molecule has 0 radical (unpaired) electrons. The highest BCUT2D eigenvalue weighted by Gasteiger charge is 2.33. The van der Waals surface area contributed by atoms with Crippen LogP contribution in [0.3, 0.4) is 0 Å². The lowest BCUT2D eigenvalue weighted by molar-refractivity contribution is 0.187. The Hall–Kier alpha value is -0.860. The van der Waals surface area contributed by atoms with Gasteiger partial charge in [0.25, 0.3) is 0 Å². The van der Waals surface area contributed by atoms with Crippen LogP contribution in [0, 0.1) is 5.92 Å². The van der Waals surface area contributed by atoms with E-state index in [9.17, 15) is 5.11 Å². The largest absolute Gasteiger partial charge is 0.387 e. The maximum absolute atomic E-state index is 9.85. The van der Waals surface area contributed by atoms with E-state index in [1.165, 1.54) is 5.57 Å². The first kappa shape index (κ1) is 9.37. The third kappa shape index (κ3) is 1.40. The summed E-state index contributed by atoms with van der Waals surface area (Å²) in [6.45, 7) is 0. The summed E-state index contributed by atoms with van der Waals surface area (Å²) in [6.07, 6.45) is 8.41. The van der Waals surface area contributed by atoms with E-state index in [0.717, 1.165) is 35.7 Å². The normalized spacial score (nSPS) is 33.5. The predicted molar refractivity (Wildman–Crippen MR) is 60.9 cm³/mol. The molecule has 0 aromatic rings. The molecule has 0 saturated carbocycles. The lowest BCUT2D eigenvalue weighted by Gasteiger charge is -2.21. The zero-order valence-corrected chi connectivity index (χ0v) is 9.04. The summed E-state index contributed by atoms with van der Waals surface area (Å²) in [5.41, 5.74) is 3.20. The van der Waals surface area contributed by atoms with E-state index in [1.54, 1.807) is 0 Å². The van der Waals surface area contributed by atoms with Crippen molar-refractivity contribution in [3.05, 3.63) is 34.5 Å². The minimum Gasteiger partial charge on any atom is -0.387 e. The Morgan fingerprint density at radius 3 is 3.13 bits per heavy atom. The number of rotatable bonds is 0. The Kier molecular flexibility index (Phi) is 2.08. The van der Waals surface area contributed by atoms with Crippen molar-refractivity contribution in [3.63, 3.8) is 0 Å². The first-order valence-corrected chi connectivity index (χ1v) is 5.68. The maximum atomic E-state index is 9.85. The van der Waals surface area contributed by atoms with Gasteiger partial charge in [-0.3, -0.25) is 4.99 Å². The van der Waals surface area contributed by atoms with Crippen molar-refractivity contribution in [1.29, 1.82) is 0 Å². The van der Waals surface area contributed by atoms with Crippen LogP contribution in [0.25, 0.3) is 0 Å². The zero-order chi connectivity index (χ0) is 10.4. The second kappa shape index (κ2) is 3.32. The average Bonchev–Trinajstić information content (AvgIpc) is 2.58. The Labute approximate surface area is 93.7 Å². The Bertz CT molecular complexity index is 431. The van der Waals surface area contributed by atoms with Gasteiger partial charge in [0.15, 0.2) is 0 Å². The van der Waals surface area contributed by atoms with Crippen molar-refractivity contribution in [2.24, 2.45) is 10.9 Å². The number of allylic oxidation sites excluding steroid dienone is 5. The third-order valence-corrected chi connectivity index (χ3v) is 3.50. The van der Waals surface area contributed by atoms with Gasteiger partial charge < -0.3 is 5.11 Å². The molecular weight excluding hydrogens is 210 g/mol. The van der Waals surface area contributed by atoms with E-state index in [0.29, 0.717) is 0 Å². The molecule has 0 aromatic carbocycles. The van der Waals surface area contributed by atoms with Crippen LogP contribution in [-0.4, -0.2) is 16.9 Å². The van der Waals surface area contributed by atoms with Crippen molar-refractivity contribution in [2.45, 2.75) is 25.4 Å². The quantitative estimate of drug-likeness (QED) is 0.670. The van der Waals surface area contributed by atoms with Gasteiger partial charge in [-0.25, -0.2) is 0 Å². The average molecular weight is 222 g/mol. The molecule has 0 unspecified atom stereocenters. The molecule has 1 heterocycles. The fraction of sp³-hybridized carbons (Fsp3) is 0.417. The van der Waals surface area contributed by atoms with Crippen LogP contribution in [-0.2, 0) is 0 Å². The van der Waals surface area contributed by atoms with E-state index >= 15 is 0 Å². The summed E-state index contributed by atoms with van der Waals surface area (Å²) in [7, 11) is 0. The summed E-state index contributed by atoms with van der Waals surface area (Å²) in [5, 5.41) is 10.6. The van der Waals surface area contributed by atoms with Crippen molar-refractivity contribution < 1.29 is 5.11 Å². The highest BCUT2D eigenvalue weighted by molar-refractivity contribution is 6.32. The van der Waals surface area contributed by atoms with Crippen molar-refractivity contribution in [2.75, 3.05) is 0 Å². The van der Waals surface area contributed by atoms with Gasteiger partial charge in [-0.05, 0) is 37.0 Å². The Morgan fingerprint density at radius 2 is 2.27 bits per heavy atom. The number of nitrogens with zero attached hydrogens (tertiary/aromatic N) is 1. The van der Waals surface area contributed by atoms with Crippen LogP contribution in [0.15, 0.2) is 39.5 Å². The third-order valence-electron chi connectivity index (χ3n) is 3.25. The van der Waals surface area contributed by atoms with E-state index < -0.39 is 0 Å². The van der Waals surface area contributed by atoms with Gasteiger partial charge in [-0.15, -0.1) is 0 Å². The standard InChI is InChI=1S/C12H12ClNO/c13-7-4-5-10-9(6-7)8-2-1-3-11(15)12(8)14-10/h4-6,9,11,15H,1-3H2/t9-,11+/m0/s1. The lowest BCUT2D eigenvalue weighted by atomic mass is 9.84. The number of aliphatic hydroxyl groups is 1. The molecule has 3 heteroatoms. The summed E-state index contributed by atoms with van der Waals surface area (Å²) in [6, 6.07) is 0. The molecule has 0 saturated heterocycles. The lowest BCUT2D eigenvalue weighted by Crippen LogP contribution is -2.17.